The molecule has 1 aromatic rings. The fourth-order valence-electron chi connectivity index (χ4n) is 4.37. The lowest BCUT2D eigenvalue weighted by Gasteiger charge is -2.29. The van der Waals surface area contributed by atoms with Crippen molar-refractivity contribution in [3.05, 3.63) is 29.8 Å². The number of unbranched alkanes of at least 4 members (excludes halogenated alkanes) is 5. The van der Waals surface area contributed by atoms with Crippen LogP contribution in [0.5, 0.6) is 0 Å². The fraction of sp³-hybridized carbons (Fsp3) is 0.741. The van der Waals surface area contributed by atoms with Crippen LogP contribution in [0.2, 0.25) is 0 Å². The summed E-state index contributed by atoms with van der Waals surface area (Å²) in [4.78, 5) is 14.2. The first-order valence-electron chi connectivity index (χ1n) is 12.7. The molecule has 1 fully saturated rings. The molecule has 0 amide bonds. The topological polar surface area (TPSA) is 38.3 Å². The van der Waals surface area contributed by atoms with Crippen LogP contribution in [0.25, 0.3) is 0 Å². The van der Waals surface area contributed by atoms with Gasteiger partial charge in [-0.25, -0.2) is 0 Å². The minimum atomic E-state index is -0.229. The molecule has 176 valence electrons. The molecule has 0 spiro atoms. The number of hydrogen-bond donors (Lipinski definition) is 1. The van der Waals surface area contributed by atoms with Crippen LogP contribution in [0.1, 0.15) is 110 Å². The van der Waals surface area contributed by atoms with Crippen LogP contribution in [0.3, 0.4) is 0 Å². The molecule has 1 aliphatic carbocycles. The molecule has 0 radical (unpaired) electrons. The third kappa shape index (κ3) is 9.99. The van der Waals surface area contributed by atoms with E-state index in [1.54, 1.807) is 0 Å². The van der Waals surface area contributed by atoms with Gasteiger partial charge in [-0.15, -0.1) is 11.8 Å². The molecule has 2 atom stereocenters. The van der Waals surface area contributed by atoms with E-state index in [1.807, 2.05) is 11.8 Å². The van der Waals surface area contributed by atoms with Gasteiger partial charge < -0.3 is 10.1 Å². The van der Waals surface area contributed by atoms with Crippen LogP contribution in [-0.2, 0) is 9.53 Å². The Balaban J connectivity index is 1.96. The number of ether oxygens (including phenoxy) is 1. The summed E-state index contributed by atoms with van der Waals surface area (Å²) in [5.41, 5.74) is 1.10. The van der Waals surface area contributed by atoms with Crippen LogP contribution >= 0.6 is 11.8 Å². The third-order valence-corrected chi connectivity index (χ3v) is 7.23. The van der Waals surface area contributed by atoms with Crippen LogP contribution < -0.4 is 5.32 Å². The van der Waals surface area contributed by atoms with Crippen molar-refractivity contribution in [3.63, 3.8) is 0 Å². The Kier molecular flexibility index (Phi) is 12.7. The number of esters is 1. The molecular weight excluding hydrogens is 402 g/mol. The molecule has 2 unspecified atom stereocenters. The van der Waals surface area contributed by atoms with Crippen molar-refractivity contribution in [2.45, 2.75) is 121 Å². The SMILES string of the molecule is CCCCCCCCNC(C)C(OC(=O)C1CCCCC1)c1ccc(SC(C)C)cc1. The molecule has 0 aliphatic heterocycles. The van der Waals surface area contributed by atoms with Crippen molar-refractivity contribution in [3.8, 4) is 0 Å². The van der Waals surface area contributed by atoms with E-state index in [0.29, 0.717) is 5.25 Å². The van der Waals surface area contributed by atoms with Crippen molar-refractivity contribution in [2.75, 3.05) is 6.54 Å². The molecule has 4 heteroatoms. The molecule has 1 saturated carbocycles. The number of rotatable bonds is 14. The quantitative estimate of drug-likeness (QED) is 0.180. The molecule has 2 rings (SSSR count). The Morgan fingerprint density at radius 1 is 1.00 bits per heavy atom. The molecule has 31 heavy (non-hydrogen) atoms. The standard InChI is InChI=1S/C27H45NO2S/c1-5-6-7-8-9-13-20-28-22(4)26(30-27(29)24-14-11-10-12-15-24)23-16-18-25(19-17-23)31-21(2)3/h16-19,21-22,24,26,28H,5-15,20H2,1-4H3. The van der Waals surface area contributed by atoms with E-state index in [0.717, 1.165) is 37.8 Å². The number of hydrogen-bond acceptors (Lipinski definition) is 4. The summed E-state index contributed by atoms with van der Waals surface area (Å²) in [6.45, 7) is 9.81. The highest BCUT2D eigenvalue weighted by Gasteiger charge is 2.28. The van der Waals surface area contributed by atoms with Gasteiger partial charge in [0.15, 0.2) is 0 Å². The number of thioether (sulfide) groups is 1. The van der Waals surface area contributed by atoms with Gasteiger partial charge in [0.05, 0.1) is 5.92 Å². The second-order valence-electron chi connectivity index (χ2n) is 9.44. The normalized spacial score (nSPS) is 16.9. The van der Waals surface area contributed by atoms with Crippen molar-refractivity contribution in [2.24, 2.45) is 5.92 Å². The van der Waals surface area contributed by atoms with E-state index in [4.69, 9.17) is 4.74 Å². The minimum Gasteiger partial charge on any atom is -0.456 e. The first kappa shape index (κ1) is 26.3. The number of carbonyl (C=O) groups is 1. The van der Waals surface area contributed by atoms with Crippen LogP contribution in [0.4, 0.5) is 0 Å². The van der Waals surface area contributed by atoms with Gasteiger partial charge in [-0.05, 0) is 50.4 Å². The fourth-order valence-corrected chi connectivity index (χ4v) is 5.21. The Morgan fingerprint density at radius 3 is 2.29 bits per heavy atom. The van der Waals surface area contributed by atoms with Gasteiger partial charge in [-0.3, -0.25) is 4.79 Å². The van der Waals surface area contributed by atoms with Crippen molar-refractivity contribution in [1.29, 1.82) is 0 Å². The summed E-state index contributed by atoms with van der Waals surface area (Å²) < 4.78 is 6.16. The van der Waals surface area contributed by atoms with Gasteiger partial charge in [0.2, 0.25) is 0 Å². The van der Waals surface area contributed by atoms with Gasteiger partial charge in [0.25, 0.3) is 0 Å². The predicted octanol–water partition coefficient (Wildman–Crippen LogP) is 7.69. The summed E-state index contributed by atoms with van der Waals surface area (Å²) in [5, 5.41) is 4.20. The molecule has 1 aliphatic rings. The summed E-state index contributed by atoms with van der Waals surface area (Å²) >= 11 is 1.87. The van der Waals surface area contributed by atoms with Crippen molar-refractivity contribution < 1.29 is 9.53 Å². The molecule has 0 bridgehead atoms. The van der Waals surface area contributed by atoms with Gasteiger partial charge in [0, 0.05) is 16.2 Å². The lowest BCUT2D eigenvalue weighted by Crippen LogP contribution is -2.36. The average molecular weight is 448 g/mol. The molecule has 0 heterocycles. The number of benzene rings is 1. The van der Waals surface area contributed by atoms with E-state index < -0.39 is 0 Å². The molecule has 1 N–H and O–H groups in total. The maximum atomic E-state index is 12.9. The summed E-state index contributed by atoms with van der Waals surface area (Å²) in [7, 11) is 0. The highest BCUT2D eigenvalue weighted by Crippen LogP contribution is 2.30. The van der Waals surface area contributed by atoms with Crippen LogP contribution in [0, 0.1) is 5.92 Å². The van der Waals surface area contributed by atoms with Gasteiger partial charge in [-0.1, -0.05) is 84.3 Å². The van der Waals surface area contributed by atoms with Crippen molar-refractivity contribution in [1.82, 2.24) is 5.32 Å². The molecule has 1 aromatic carbocycles. The molecular formula is C27H45NO2S. The molecule has 0 saturated heterocycles. The predicted molar refractivity (Wildman–Crippen MR) is 134 cm³/mol. The van der Waals surface area contributed by atoms with Crippen molar-refractivity contribution >= 4 is 17.7 Å². The maximum absolute atomic E-state index is 12.9. The lowest BCUT2D eigenvalue weighted by atomic mass is 9.89. The number of nitrogens with one attached hydrogen (secondary N) is 1. The Hall–Kier alpha value is -1.00. The molecule has 3 nitrogen and oxygen atoms in total. The average Bonchev–Trinajstić information content (AvgIpc) is 2.77. The van der Waals surface area contributed by atoms with E-state index in [9.17, 15) is 4.79 Å². The Morgan fingerprint density at radius 2 is 1.65 bits per heavy atom. The largest absolute Gasteiger partial charge is 0.456 e. The highest BCUT2D eigenvalue weighted by atomic mass is 32.2. The van der Waals surface area contributed by atoms with Gasteiger partial charge in [-0.2, -0.15) is 0 Å². The molecule has 0 aromatic heterocycles. The Labute approximate surface area is 195 Å². The smallest absolute Gasteiger partial charge is 0.309 e. The summed E-state index contributed by atoms with van der Waals surface area (Å²) in [6, 6.07) is 8.73. The van der Waals surface area contributed by atoms with Gasteiger partial charge in [0.1, 0.15) is 6.10 Å². The summed E-state index contributed by atoms with van der Waals surface area (Å²) in [6.07, 6.45) is 13.0. The highest BCUT2D eigenvalue weighted by molar-refractivity contribution is 7.99. The second-order valence-corrected chi connectivity index (χ2v) is 11.1. The number of carbonyl (C=O) groups excluding carboxylic acids is 1. The van der Waals surface area contributed by atoms with Crippen LogP contribution in [0.15, 0.2) is 29.2 Å². The first-order chi connectivity index (χ1) is 15.0. The van der Waals surface area contributed by atoms with E-state index in [-0.39, 0.29) is 24.0 Å². The van der Waals surface area contributed by atoms with E-state index in [2.05, 4.69) is 57.3 Å². The minimum absolute atomic E-state index is 0.00134. The monoisotopic (exact) mass is 447 g/mol. The zero-order valence-electron chi connectivity index (χ0n) is 20.3. The Bertz CT molecular complexity index is 610. The zero-order valence-corrected chi connectivity index (χ0v) is 21.1. The second kappa shape index (κ2) is 14.9. The summed E-state index contributed by atoms with van der Waals surface area (Å²) in [5.74, 6) is 0.0799. The van der Waals surface area contributed by atoms with Gasteiger partial charge >= 0.3 is 5.97 Å². The van der Waals surface area contributed by atoms with E-state index in [1.165, 1.54) is 49.8 Å². The van der Waals surface area contributed by atoms with Crippen LogP contribution in [-0.4, -0.2) is 23.8 Å². The first-order valence-corrected chi connectivity index (χ1v) is 13.6. The third-order valence-electron chi connectivity index (χ3n) is 6.21. The zero-order chi connectivity index (χ0) is 22.5. The lowest BCUT2D eigenvalue weighted by molar-refractivity contribution is -0.157. The maximum Gasteiger partial charge on any atom is 0.309 e. The van der Waals surface area contributed by atoms with E-state index >= 15 is 0 Å².